The molecule has 10 rings (SSSR count). The second-order valence-corrected chi connectivity index (χ2v) is 12.8. The van der Waals surface area contributed by atoms with Crippen molar-refractivity contribution in [1.82, 2.24) is 0 Å². The van der Waals surface area contributed by atoms with Crippen molar-refractivity contribution in [2.24, 2.45) is 0 Å². The molecule has 0 unspecified atom stereocenters. The van der Waals surface area contributed by atoms with Crippen LogP contribution in [0.1, 0.15) is 15.1 Å². The maximum absolute atomic E-state index is 9.54. The van der Waals surface area contributed by atoms with Crippen molar-refractivity contribution < 1.29 is 19.5 Å². The summed E-state index contributed by atoms with van der Waals surface area (Å²) < 4.78 is 110. The topological polar surface area (TPSA) is 16.4 Å². The Kier molecular flexibility index (Phi) is 5.48. The predicted octanol–water partition coefficient (Wildman–Crippen LogP) is 14.9. The van der Waals surface area contributed by atoms with Gasteiger partial charge < -0.3 is 9.32 Å². The van der Waals surface area contributed by atoms with E-state index < -0.39 is 71.8 Å². The zero-order valence-electron chi connectivity index (χ0n) is 39.7. The van der Waals surface area contributed by atoms with Gasteiger partial charge in [0, 0.05) is 33.4 Å². The number of para-hydroxylation sites is 2. The molecule has 54 heavy (non-hydrogen) atoms. The summed E-state index contributed by atoms with van der Waals surface area (Å²) in [5, 5.41) is 3.67. The SMILES string of the molecule is [2H]c1cc(N(c2c([2H])c([2H])c(-c3ccccc3)c([2H])c2[2H])c2c([2H])c([2H])c(-c3ccc(-c4cccc5ccccc45)cc3)c([2H])c2[2H])c([2H])c([2H])c1-c1cccc2c1oc1ccccc12. The van der Waals surface area contributed by atoms with Gasteiger partial charge in [0.2, 0.25) is 0 Å². The van der Waals surface area contributed by atoms with E-state index in [-0.39, 0.29) is 28.4 Å². The Morgan fingerprint density at radius 2 is 0.870 bits per heavy atom. The molecule has 0 spiro atoms. The first kappa shape index (κ1) is 22.0. The van der Waals surface area contributed by atoms with Crippen LogP contribution in [0.25, 0.3) is 77.2 Å². The summed E-state index contributed by atoms with van der Waals surface area (Å²) in [6, 6.07) is 38.1. The molecule has 1 aromatic heterocycles. The highest BCUT2D eigenvalue weighted by molar-refractivity contribution is 6.09. The molecule has 9 aromatic carbocycles. The first-order valence-corrected chi connectivity index (χ1v) is 17.5. The number of hydrogen-bond acceptors (Lipinski definition) is 2. The molecule has 2 nitrogen and oxygen atoms in total. The van der Waals surface area contributed by atoms with Crippen LogP contribution in [-0.2, 0) is 0 Å². The normalized spacial score (nSPS) is 14.2. The van der Waals surface area contributed by atoms with E-state index in [1.165, 1.54) is 6.07 Å². The number of hydrogen-bond donors (Lipinski definition) is 0. The fourth-order valence-electron chi connectivity index (χ4n) is 6.92. The minimum absolute atomic E-state index is 0.00566. The highest BCUT2D eigenvalue weighted by Crippen LogP contribution is 2.40. The van der Waals surface area contributed by atoms with Gasteiger partial charge in [0.1, 0.15) is 11.2 Å². The summed E-state index contributed by atoms with van der Waals surface area (Å²) in [5.41, 5.74) is 2.77. The van der Waals surface area contributed by atoms with Crippen LogP contribution in [0.15, 0.2) is 216 Å². The molecule has 0 atom stereocenters. The molecule has 0 aliphatic heterocycles. The number of benzene rings is 9. The molecule has 0 bridgehead atoms. The molecule has 0 fully saturated rings. The first-order valence-electron chi connectivity index (χ1n) is 23.0. The second kappa shape index (κ2) is 13.4. The molecule has 0 saturated carbocycles. The molecular weight excluding hydrogens is 655 g/mol. The summed E-state index contributed by atoms with van der Waals surface area (Å²) in [6.45, 7) is 0. The summed E-state index contributed by atoms with van der Waals surface area (Å²) in [4.78, 5) is 0.980. The third-order valence-corrected chi connectivity index (χ3v) is 9.59. The molecule has 2 heteroatoms. The second-order valence-electron chi connectivity index (χ2n) is 12.8. The standard InChI is InChI=1S/C52H35NO/c1-2-10-36(11-3-1)38-24-30-43(31-25-38)53(45-34-28-42(29-35-45)48-17-9-18-50-49-15-6-7-19-51(49)54-52(48)50)44-32-26-39(27-33-44)37-20-22-41(23-21-37)47-16-8-13-40-12-4-5-14-46(40)47/h1-35H/i24D,25D,26D,27D,28D,29D,30D,31D,32D,33D,34D. The van der Waals surface area contributed by atoms with Crippen LogP contribution >= 0.6 is 0 Å². The molecular formula is C52H35NO. The van der Waals surface area contributed by atoms with Gasteiger partial charge in [0.05, 0.1) is 15.1 Å². The van der Waals surface area contributed by atoms with Crippen LogP contribution in [0.3, 0.4) is 0 Å². The van der Waals surface area contributed by atoms with Crippen molar-refractivity contribution in [3.63, 3.8) is 0 Å². The van der Waals surface area contributed by atoms with E-state index in [1.54, 1.807) is 54.6 Å². The van der Waals surface area contributed by atoms with Crippen LogP contribution < -0.4 is 4.90 Å². The lowest BCUT2D eigenvalue weighted by Gasteiger charge is -2.26. The molecule has 1 heterocycles. The number of anilines is 3. The van der Waals surface area contributed by atoms with E-state index in [1.807, 2.05) is 84.9 Å². The molecule has 254 valence electrons. The minimum atomic E-state index is -0.600. The van der Waals surface area contributed by atoms with Gasteiger partial charge in [-0.1, -0.05) is 170 Å². The Bertz CT molecular complexity index is 3510. The largest absolute Gasteiger partial charge is 0.455 e. The number of fused-ring (bicyclic) bond motifs is 4. The molecule has 0 aliphatic rings. The van der Waals surface area contributed by atoms with Crippen molar-refractivity contribution >= 4 is 49.8 Å². The average Bonchev–Trinajstić information content (AvgIpc) is 3.71. The van der Waals surface area contributed by atoms with Crippen molar-refractivity contribution in [2.75, 3.05) is 4.90 Å². The van der Waals surface area contributed by atoms with E-state index in [0.717, 1.165) is 37.6 Å². The van der Waals surface area contributed by atoms with E-state index in [2.05, 4.69) is 0 Å². The maximum Gasteiger partial charge on any atom is 0.143 e. The lowest BCUT2D eigenvalue weighted by atomic mass is 9.96. The Hall–Kier alpha value is -7.16. The molecule has 0 radical (unpaired) electrons. The van der Waals surface area contributed by atoms with Gasteiger partial charge >= 0.3 is 0 Å². The van der Waals surface area contributed by atoms with Gasteiger partial charge in [-0.05, 0) is 92.1 Å². The van der Waals surface area contributed by atoms with Crippen LogP contribution in [0.2, 0.25) is 0 Å². The van der Waals surface area contributed by atoms with Crippen LogP contribution in [-0.4, -0.2) is 0 Å². The summed E-state index contributed by atoms with van der Waals surface area (Å²) in [6.07, 6.45) is 0. The zero-order valence-corrected chi connectivity index (χ0v) is 28.7. The van der Waals surface area contributed by atoms with Crippen LogP contribution in [0.5, 0.6) is 0 Å². The fraction of sp³-hybridized carbons (Fsp3) is 0. The van der Waals surface area contributed by atoms with Crippen molar-refractivity contribution in [3.05, 3.63) is 212 Å². The minimum Gasteiger partial charge on any atom is -0.455 e. The predicted molar refractivity (Wildman–Crippen MR) is 228 cm³/mol. The molecule has 10 aromatic rings. The van der Waals surface area contributed by atoms with Crippen LogP contribution in [0, 0.1) is 0 Å². The number of furan rings is 1. The summed E-state index contributed by atoms with van der Waals surface area (Å²) >= 11 is 0. The summed E-state index contributed by atoms with van der Waals surface area (Å²) in [7, 11) is 0. The van der Waals surface area contributed by atoms with Crippen molar-refractivity contribution in [2.45, 2.75) is 0 Å². The lowest BCUT2D eigenvalue weighted by Crippen LogP contribution is -2.09. The van der Waals surface area contributed by atoms with Gasteiger partial charge in [0.15, 0.2) is 0 Å². The van der Waals surface area contributed by atoms with Crippen molar-refractivity contribution in [3.8, 4) is 44.5 Å². The molecule has 0 aliphatic carbocycles. The first-order chi connectivity index (χ1) is 31.4. The third kappa shape index (κ3) is 5.71. The van der Waals surface area contributed by atoms with Gasteiger partial charge in [-0.3, -0.25) is 0 Å². The highest BCUT2D eigenvalue weighted by Gasteiger charge is 2.16. The third-order valence-electron chi connectivity index (χ3n) is 9.59. The summed E-state index contributed by atoms with van der Waals surface area (Å²) in [5.74, 6) is 0. The number of rotatable bonds is 7. The monoisotopic (exact) mass is 700 g/mol. The zero-order chi connectivity index (χ0) is 45.4. The molecule has 0 saturated heterocycles. The van der Waals surface area contributed by atoms with Gasteiger partial charge in [-0.2, -0.15) is 0 Å². The highest BCUT2D eigenvalue weighted by atomic mass is 16.3. The van der Waals surface area contributed by atoms with E-state index in [4.69, 9.17) is 4.42 Å². The average molecular weight is 701 g/mol. The van der Waals surface area contributed by atoms with E-state index in [9.17, 15) is 15.1 Å². The van der Waals surface area contributed by atoms with Gasteiger partial charge in [0.25, 0.3) is 0 Å². The van der Waals surface area contributed by atoms with Crippen LogP contribution in [0.4, 0.5) is 17.1 Å². The molecule has 0 amide bonds. The smallest absolute Gasteiger partial charge is 0.143 e. The Balaban J connectivity index is 1.19. The molecule has 0 N–H and O–H groups in total. The maximum atomic E-state index is 9.54. The van der Waals surface area contributed by atoms with E-state index >= 15 is 0 Å². The Morgan fingerprint density at radius 3 is 1.63 bits per heavy atom. The quantitative estimate of drug-likeness (QED) is 0.165. The lowest BCUT2D eigenvalue weighted by molar-refractivity contribution is 0.670. The Morgan fingerprint density at radius 1 is 0.333 bits per heavy atom. The number of nitrogens with zero attached hydrogens (tertiary/aromatic N) is 1. The van der Waals surface area contributed by atoms with Gasteiger partial charge in [-0.15, -0.1) is 0 Å². The van der Waals surface area contributed by atoms with E-state index in [0.29, 0.717) is 27.9 Å². The Labute approximate surface area is 330 Å². The van der Waals surface area contributed by atoms with Crippen molar-refractivity contribution in [1.29, 1.82) is 0 Å². The fourth-order valence-corrected chi connectivity index (χ4v) is 6.92. The van der Waals surface area contributed by atoms with Gasteiger partial charge in [-0.25, -0.2) is 0 Å².